The second-order valence-electron chi connectivity index (χ2n) is 7.18. The molecule has 1 aliphatic rings. The average Bonchev–Trinajstić information content (AvgIpc) is 3.20. The van der Waals surface area contributed by atoms with Crippen LogP contribution in [0.3, 0.4) is 0 Å². The molecule has 160 valence electrons. The quantitative estimate of drug-likeness (QED) is 0.323. The molecule has 1 aromatic carbocycles. The van der Waals surface area contributed by atoms with Crippen LogP contribution in [-0.2, 0) is 17.7 Å². The van der Waals surface area contributed by atoms with E-state index in [9.17, 15) is 0 Å². The highest BCUT2D eigenvalue weighted by Crippen LogP contribution is 2.13. The lowest BCUT2D eigenvalue weighted by atomic mass is 10.1. The van der Waals surface area contributed by atoms with Gasteiger partial charge in [-0.1, -0.05) is 37.3 Å². The summed E-state index contributed by atoms with van der Waals surface area (Å²) in [4.78, 5) is 4.80. The van der Waals surface area contributed by atoms with Crippen LogP contribution in [0.5, 0.6) is 0 Å². The topological polar surface area (TPSA) is 76.4 Å². The normalized spacial score (nSPS) is 18.0. The summed E-state index contributed by atoms with van der Waals surface area (Å²) in [6, 6.07) is 10.6. The number of guanidine groups is 1. The summed E-state index contributed by atoms with van der Waals surface area (Å²) in [5.74, 6) is 1.82. The number of aromatic nitrogens is 3. The average molecular weight is 512 g/mol. The molecule has 1 fully saturated rings. The molecule has 2 N–H and O–H groups in total. The van der Waals surface area contributed by atoms with Crippen LogP contribution in [0.15, 0.2) is 41.7 Å². The maximum atomic E-state index is 5.83. The molecule has 2 unspecified atom stereocenters. The van der Waals surface area contributed by atoms with Gasteiger partial charge in [-0.05, 0) is 31.7 Å². The molecular weight excluding hydrogens is 479 g/mol. The summed E-state index contributed by atoms with van der Waals surface area (Å²) in [7, 11) is 0. The number of aryl methyl sites for hydroxylation is 1. The van der Waals surface area contributed by atoms with Gasteiger partial charge in [0.2, 0.25) is 0 Å². The van der Waals surface area contributed by atoms with Crippen molar-refractivity contribution >= 4 is 29.9 Å². The Hall–Kier alpha value is -1.68. The Morgan fingerprint density at radius 1 is 1.31 bits per heavy atom. The summed E-state index contributed by atoms with van der Waals surface area (Å²) in [5.41, 5.74) is 1.23. The lowest BCUT2D eigenvalue weighted by Gasteiger charge is -2.23. The summed E-state index contributed by atoms with van der Waals surface area (Å²) < 4.78 is 7.91. The van der Waals surface area contributed by atoms with Crippen molar-refractivity contribution in [1.29, 1.82) is 0 Å². The van der Waals surface area contributed by atoms with Crippen molar-refractivity contribution in [2.24, 2.45) is 4.99 Å². The van der Waals surface area contributed by atoms with E-state index in [0.717, 1.165) is 50.7 Å². The van der Waals surface area contributed by atoms with Crippen LogP contribution < -0.4 is 10.6 Å². The zero-order chi connectivity index (χ0) is 19.6. The van der Waals surface area contributed by atoms with Gasteiger partial charge in [0.1, 0.15) is 12.2 Å². The van der Waals surface area contributed by atoms with Crippen LogP contribution in [0.2, 0.25) is 0 Å². The van der Waals surface area contributed by atoms with Gasteiger partial charge in [-0.3, -0.25) is 4.99 Å². The Balaban J connectivity index is 0.00000300. The number of aliphatic imine (C=N–C) groups is 1. The van der Waals surface area contributed by atoms with Crippen LogP contribution in [0.4, 0.5) is 0 Å². The van der Waals surface area contributed by atoms with Gasteiger partial charge in [-0.15, -0.1) is 34.2 Å². The van der Waals surface area contributed by atoms with E-state index in [0.29, 0.717) is 6.54 Å². The maximum Gasteiger partial charge on any atom is 0.191 e. The first-order chi connectivity index (χ1) is 13.8. The van der Waals surface area contributed by atoms with Gasteiger partial charge in [0.15, 0.2) is 5.96 Å². The molecule has 7 nitrogen and oxygen atoms in total. The number of nitrogens with one attached hydrogen (secondary N) is 2. The third-order valence-electron chi connectivity index (χ3n) is 5.04. The fourth-order valence-electron chi connectivity index (χ4n) is 3.36. The second kappa shape index (κ2) is 12.8. The number of ether oxygens (including phenoxy) is 1. The molecule has 2 atom stereocenters. The highest BCUT2D eigenvalue weighted by Gasteiger charge is 2.14. The minimum Gasteiger partial charge on any atom is -0.376 e. The fraction of sp³-hybridized carbons (Fsp3) is 0.571. The van der Waals surface area contributed by atoms with Gasteiger partial charge in [0, 0.05) is 26.1 Å². The van der Waals surface area contributed by atoms with Crippen molar-refractivity contribution in [3.8, 4) is 0 Å². The third-order valence-corrected chi connectivity index (χ3v) is 5.04. The van der Waals surface area contributed by atoms with E-state index in [4.69, 9.17) is 9.73 Å². The molecule has 0 saturated carbocycles. The Bertz CT molecular complexity index is 730. The van der Waals surface area contributed by atoms with Crippen LogP contribution in [0, 0.1) is 0 Å². The first kappa shape index (κ1) is 23.6. The predicted molar refractivity (Wildman–Crippen MR) is 127 cm³/mol. The van der Waals surface area contributed by atoms with Crippen LogP contribution in [0.1, 0.15) is 50.5 Å². The maximum absolute atomic E-state index is 5.83. The van der Waals surface area contributed by atoms with Gasteiger partial charge in [-0.25, -0.2) is 0 Å². The van der Waals surface area contributed by atoms with E-state index < -0.39 is 0 Å². The number of halogens is 1. The molecule has 0 radical (unpaired) electrons. The monoisotopic (exact) mass is 512 g/mol. The lowest BCUT2D eigenvalue weighted by molar-refractivity contribution is 0.0224. The molecule has 0 amide bonds. The van der Waals surface area contributed by atoms with Gasteiger partial charge in [0.05, 0.1) is 18.7 Å². The fourth-order valence-corrected chi connectivity index (χ4v) is 3.36. The van der Waals surface area contributed by atoms with Crippen LogP contribution in [0.25, 0.3) is 0 Å². The number of nitrogens with zero attached hydrogens (tertiary/aromatic N) is 4. The molecule has 29 heavy (non-hydrogen) atoms. The third kappa shape index (κ3) is 7.58. The summed E-state index contributed by atoms with van der Waals surface area (Å²) in [6.45, 7) is 7.33. The first-order valence-corrected chi connectivity index (χ1v) is 10.3. The highest BCUT2D eigenvalue weighted by atomic mass is 127. The van der Waals surface area contributed by atoms with E-state index in [1.54, 1.807) is 6.33 Å². The molecule has 0 aliphatic carbocycles. The smallest absolute Gasteiger partial charge is 0.191 e. The molecule has 1 saturated heterocycles. The Kier molecular flexibility index (Phi) is 10.4. The molecule has 2 aromatic rings. The van der Waals surface area contributed by atoms with E-state index in [-0.39, 0.29) is 36.1 Å². The van der Waals surface area contributed by atoms with Crippen molar-refractivity contribution in [3.05, 3.63) is 48.0 Å². The van der Waals surface area contributed by atoms with Crippen molar-refractivity contribution in [2.75, 3.05) is 19.7 Å². The Morgan fingerprint density at radius 2 is 2.14 bits per heavy atom. The van der Waals surface area contributed by atoms with Crippen molar-refractivity contribution in [3.63, 3.8) is 0 Å². The molecule has 2 heterocycles. The molecule has 1 aromatic heterocycles. The van der Waals surface area contributed by atoms with Gasteiger partial charge >= 0.3 is 0 Å². The number of benzene rings is 1. The van der Waals surface area contributed by atoms with E-state index in [2.05, 4.69) is 63.5 Å². The minimum atomic E-state index is 0. The van der Waals surface area contributed by atoms with Crippen LogP contribution in [-0.4, -0.2) is 46.5 Å². The van der Waals surface area contributed by atoms with Gasteiger partial charge in [0.25, 0.3) is 0 Å². The summed E-state index contributed by atoms with van der Waals surface area (Å²) in [6.07, 6.45) is 6.36. The summed E-state index contributed by atoms with van der Waals surface area (Å²) in [5, 5.41) is 15.1. The molecule has 0 bridgehead atoms. The van der Waals surface area contributed by atoms with Crippen LogP contribution >= 0.6 is 24.0 Å². The summed E-state index contributed by atoms with van der Waals surface area (Å²) >= 11 is 0. The van der Waals surface area contributed by atoms with Gasteiger partial charge in [-0.2, -0.15) is 0 Å². The number of hydrogen-bond acceptors (Lipinski definition) is 4. The molecule has 8 heteroatoms. The highest BCUT2D eigenvalue weighted by molar-refractivity contribution is 14.0. The van der Waals surface area contributed by atoms with E-state index in [1.807, 2.05) is 6.07 Å². The zero-order valence-electron chi connectivity index (χ0n) is 17.4. The first-order valence-electron chi connectivity index (χ1n) is 10.3. The molecule has 3 rings (SSSR count). The van der Waals surface area contributed by atoms with Crippen molar-refractivity contribution in [1.82, 2.24) is 25.4 Å². The van der Waals surface area contributed by atoms with Crippen molar-refractivity contribution < 1.29 is 4.74 Å². The second-order valence-corrected chi connectivity index (χ2v) is 7.18. The predicted octanol–water partition coefficient (Wildman–Crippen LogP) is 3.32. The van der Waals surface area contributed by atoms with E-state index in [1.165, 1.54) is 12.0 Å². The largest absolute Gasteiger partial charge is 0.376 e. The van der Waals surface area contributed by atoms with E-state index >= 15 is 0 Å². The lowest BCUT2D eigenvalue weighted by Crippen LogP contribution is -2.41. The number of hydrogen-bond donors (Lipinski definition) is 2. The minimum absolute atomic E-state index is 0. The Labute approximate surface area is 190 Å². The zero-order valence-corrected chi connectivity index (χ0v) is 19.7. The standard InChI is InChI=1S/C21H32N6O.HI/c1-3-20-26-24-16-27(20)13-12-22-21(23-15-19-11-7-8-14-28-19)25-17(2)18-9-5-4-6-10-18;/h4-6,9-10,16-17,19H,3,7-8,11-15H2,1-2H3,(H2,22,23,25);1H. The van der Waals surface area contributed by atoms with Crippen molar-refractivity contribution in [2.45, 2.75) is 58.2 Å². The number of rotatable bonds is 8. The van der Waals surface area contributed by atoms with Gasteiger partial charge < -0.3 is 19.9 Å². The Morgan fingerprint density at radius 3 is 2.86 bits per heavy atom. The molecular formula is C21H33IN6O. The molecule has 0 spiro atoms. The SMILES string of the molecule is CCc1nncn1CCNC(=NCC1CCCCO1)NC(C)c1ccccc1.I. The molecule has 1 aliphatic heterocycles.